The van der Waals surface area contributed by atoms with Crippen LogP contribution in [0.1, 0.15) is 6.42 Å². The Hall–Kier alpha value is -1.70. The summed E-state index contributed by atoms with van der Waals surface area (Å²) >= 11 is 0. The van der Waals surface area contributed by atoms with Gasteiger partial charge in [-0.15, -0.1) is 0 Å². The first-order valence-corrected chi connectivity index (χ1v) is 7.54. The maximum Gasteiger partial charge on any atom is 0.225 e. The average molecular weight is 327 g/mol. The molecule has 1 aromatic rings. The van der Waals surface area contributed by atoms with E-state index in [4.69, 9.17) is 9.47 Å². The number of aliphatic hydroxyl groups excluding tert-OH is 2. The minimum Gasteiger partial charge on any atom is -0.490 e. The SMILES string of the molecule is CN(C[C@@H]1COC[C@@H](O)[C@H]1O)C(=O)CCOc1ccccc1F. The minimum atomic E-state index is -0.929. The highest BCUT2D eigenvalue weighted by atomic mass is 19.1. The van der Waals surface area contributed by atoms with Crippen LogP contribution in [0.3, 0.4) is 0 Å². The highest BCUT2D eigenvalue weighted by Crippen LogP contribution is 2.17. The van der Waals surface area contributed by atoms with E-state index >= 15 is 0 Å². The van der Waals surface area contributed by atoms with Crippen LogP contribution >= 0.6 is 0 Å². The summed E-state index contributed by atoms with van der Waals surface area (Å²) in [4.78, 5) is 13.5. The maximum atomic E-state index is 13.4. The van der Waals surface area contributed by atoms with Crippen LogP contribution in [-0.4, -0.2) is 66.6 Å². The second-order valence-electron chi connectivity index (χ2n) is 5.66. The van der Waals surface area contributed by atoms with E-state index < -0.39 is 18.0 Å². The lowest BCUT2D eigenvalue weighted by Gasteiger charge is -2.34. The molecule has 1 amide bonds. The van der Waals surface area contributed by atoms with Gasteiger partial charge in [-0.25, -0.2) is 4.39 Å². The largest absolute Gasteiger partial charge is 0.490 e. The molecule has 1 fully saturated rings. The monoisotopic (exact) mass is 327 g/mol. The average Bonchev–Trinajstić information content (AvgIpc) is 2.53. The number of hydrogen-bond acceptors (Lipinski definition) is 5. The Morgan fingerprint density at radius 2 is 2.13 bits per heavy atom. The van der Waals surface area contributed by atoms with Gasteiger partial charge < -0.3 is 24.6 Å². The van der Waals surface area contributed by atoms with Crippen LogP contribution in [0.4, 0.5) is 4.39 Å². The molecule has 0 saturated carbocycles. The molecule has 1 saturated heterocycles. The molecule has 0 spiro atoms. The highest BCUT2D eigenvalue weighted by Gasteiger charge is 2.32. The second kappa shape index (κ2) is 8.24. The fourth-order valence-electron chi connectivity index (χ4n) is 2.47. The lowest BCUT2D eigenvalue weighted by molar-refractivity contribution is -0.140. The number of ether oxygens (including phenoxy) is 2. The molecule has 0 bridgehead atoms. The molecule has 1 aromatic carbocycles. The first-order valence-electron chi connectivity index (χ1n) is 7.54. The Labute approximate surface area is 134 Å². The van der Waals surface area contributed by atoms with Crippen LogP contribution in [-0.2, 0) is 9.53 Å². The molecule has 1 heterocycles. The smallest absolute Gasteiger partial charge is 0.225 e. The summed E-state index contributed by atoms with van der Waals surface area (Å²) in [7, 11) is 1.61. The van der Waals surface area contributed by atoms with E-state index in [0.717, 1.165) is 0 Å². The van der Waals surface area contributed by atoms with E-state index in [2.05, 4.69) is 0 Å². The van der Waals surface area contributed by atoms with Crippen molar-refractivity contribution in [1.82, 2.24) is 4.90 Å². The van der Waals surface area contributed by atoms with Crippen molar-refractivity contribution >= 4 is 5.91 Å². The summed E-state index contributed by atoms with van der Waals surface area (Å²) in [6.45, 7) is 0.737. The van der Waals surface area contributed by atoms with Crippen LogP contribution in [0.5, 0.6) is 5.75 Å². The fourth-order valence-corrected chi connectivity index (χ4v) is 2.47. The van der Waals surface area contributed by atoms with Crippen molar-refractivity contribution < 1.29 is 28.9 Å². The molecule has 7 heteroatoms. The number of amides is 1. The number of rotatable bonds is 6. The first-order chi connectivity index (χ1) is 11.0. The standard InChI is InChI=1S/C16H22FNO5/c1-18(8-11-9-22-10-13(19)16(11)21)15(20)6-7-23-14-5-3-2-4-12(14)17/h2-5,11,13,16,19,21H,6-10H2,1H3/t11-,13-,16+/m1/s1. The van der Waals surface area contributed by atoms with Crippen molar-refractivity contribution in [3.8, 4) is 5.75 Å². The van der Waals surface area contributed by atoms with E-state index in [1.807, 2.05) is 0 Å². The van der Waals surface area contributed by atoms with Crippen molar-refractivity contribution in [2.75, 3.05) is 33.4 Å². The Bertz CT molecular complexity index is 527. The molecule has 1 aliphatic rings. The summed E-state index contributed by atoms with van der Waals surface area (Å²) in [6.07, 6.45) is -1.74. The number of benzene rings is 1. The van der Waals surface area contributed by atoms with E-state index in [9.17, 15) is 19.4 Å². The van der Waals surface area contributed by atoms with Gasteiger partial charge in [0.25, 0.3) is 0 Å². The molecule has 0 radical (unpaired) electrons. The fraction of sp³-hybridized carbons (Fsp3) is 0.562. The van der Waals surface area contributed by atoms with Gasteiger partial charge in [-0.05, 0) is 12.1 Å². The molecule has 0 aromatic heterocycles. The predicted octanol–water partition coefficient (Wildman–Crippen LogP) is 0.421. The van der Waals surface area contributed by atoms with Crippen LogP contribution in [0.2, 0.25) is 0 Å². The van der Waals surface area contributed by atoms with E-state index in [1.165, 1.54) is 17.0 Å². The Morgan fingerprint density at radius 3 is 2.87 bits per heavy atom. The summed E-state index contributed by atoms with van der Waals surface area (Å²) in [6, 6.07) is 6.01. The summed E-state index contributed by atoms with van der Waals surface area (Å²) in [5, 5.41) is 19.4. The van der Waals surface area contributed by atoms with Crippen molar-refractivity contribution in [2.24, 2.45) is 5.92 Å². The normalized spacial score (nSPS) is 24.3. The van der Waals surface area contributed by atoms with Gasteiger partial charge in [0, 0.05) is 19.5 Å². The molecule has 128 valence electrons. The zero-order chi connectivity index (χ0) is 16.8. The van der Waals surface area contributed by atoms with Crippen LogP contribution in [0, 0.1) is 11.7 Å². The van der Waals surface area contributed by atoms with Gasteiger partial charge in [-0.3, -0.25) is 4.79 Å². The first kappa shape index (κ1) is 17.7. The number of nitrogens with zero attached hydrogens (tertiary/aromatic N) is 1. The van der Waals surface area contributed by atoms with Gasteiger partial charge in [-0.1, -0.05) is 12.1 Å². The molecule has 6 nitrogen and oxygen atoms in total. The van der Waals surface area contributed by atoms with Gasteiger partial charge in [0.15, 0.2) is 11.6 Å². The summed E-state index contributed by atoms with van der Waals surface area (Å²) in [5.74, 6) is -0.874. The third kappa shape index (κ3) is 4.89. The van der Waals surface area contributed by atoms with E-state index in [-0.39, 0.29) is 43.8 Å². The van der Waals surface area contributed by atoms with Gasteiger partial charge in [-0.2, -0.15) is 0 Å². The van der Waals surface area contributed by atoms with Crippen molar-refractivity contribution in [3.05, 3.63) is 30.1 Å². The topological polar surface area (TPSA) is 79.2 Å². The quantitative estimate of drug-likeness (QED) is 0.792. The lowest BCUT2D eigenvalue weighted by Crippen LogP contribution is -2.48. The predicted molar refractivity (Wildman–Crippen MR) is 80.5 cm³/mol. The summed E-state index contributed by atoms with van der Waals surface area (Å²) in [5.41, 5.74) is 0. The Kier molecular flexibility index (Phi) is 6.32. The number of hydrogen-bond donors (Lipinski definition) is 2. The molecule has 23 heavy (non-hydrogen) atoms. The number of halogens is 1. The number of carbonyl (C=O) groups excluding carboxylic acids is 1. The van der Waals surface area contributed by atoms with Crippen LogP contribution in [0.15, 0.2) is 24.3 Å². The second-order valence-corrected chi connectivity index (χ2v) is 5.66. The highest BCUT2D eigenvalue weighted by molar-refractivity contribution is 5.76. The van der Waals surface area contributed by atoms with E-state index in [1.54, 1.807) is 19.2 Å². The van der Waals surface area contributed by atoms with Crippen molar-refractivity contribution in [1.29, 1.82) is 0 Å². The van der Waals surface area contributed by atoms with Crippen LogP contribution in [0.25, 0.3) is 0 Å². The number of carbonyl (C=O) groups is 1. The number of aliphatic hydroxyl groups is 2. The Morgan fingerprint density at radius 1 is 1.39 bits per heavy atom. The van der Waals surface area contributed by atoms with Crippen LogP contribution < -0.4 is 4.74 Å². The molecular formula is C16H22FNO5. The minimum absolute atomic E-state index is 0.0659. The maximum absolute atomic E-state index is 13.4. The van der Waals surface area contributed by atoms with E-state index in [0.29, 0.717) is 6.61 Å². The molecule has 2 rings (SSSR count). The van der Waals surface area contributed by atoms with Gasteiger partial charge in [0.1, 0.15) is 6.10 Å². The lowest BCUT2D eigenvalue weighted by atomic mass is 9.96. The third-order valence-corrected chi connectivity index (χ3v) is 3.84. The zero-order valence-electron chi connectivity index (χ0n) is 13.0. The third-order valence-electron chi connectivity index (χ3n) is 3.84. The molecule has 3 atom stereocenters. The molecule has 0 aliphatic carbocycles. The Balaban J connectivity index is 1.75. The summed E-state index contributed by atoms with van der Waals surface area (Å²) < 4.78 is 23.8. The molecule has 0 unspecified atom stereocenters. The number of para-hydroxylation sites is 1. The molecule has 1 aliphatic heterocycles. The van der Waals surface area contributed by atoms with Gasteiger partial charge in [0.2, 0.25) is 5.91 Å². The molecular weight excluding hydrogens is 305 g/mol. The molecule has 2 N–H and O–H groups in total. The van der Waals surface area contributed by atoms with Crippen molar-refractivity contribution in [3.63, 3.8) is 0 Å². The van der Waals surface area contributed by atoms with Gasteiger partial charge >= 0.3 is 0 Å². The zero-order valence-corrected chi connectivity index (χ0v) is 13.0. The van der Waals surface area contributed by atoms with Crippen molar-refractivity contribution in [2.45, 2.75) is 18.6 Å². The van der Waals surface area contributed by atoms with Gasteiger partial charge in [0.05, 0.1) is 32.3 Å².